The standard InChI is InChI=1S/C13H20N2O/c1-10-6-3-4-9-15(10)12-8-5-7-11(14)13(12)16-2/h5,7-8,10H,3-4,6,9,14H2,1-2H3. The number of methoxy groups -OCH3 is 1. The van der Waals surface area contributed by atoms with Gasteiger partial charge in [-0.25, -0.2) is 0 Å². The topological polar surface area (TPSA) is 38.5 Å². The molecular formula is C13H20N2O. The molecule has 0 amide bonds. The maximum Gasteiger partial charge on any atom is 0.165 e. The van der Waals surface area contributed by atoms with Crippen LogP contribution >= 0.6 is 0 Å². The molecule has 0 saturated carbocycles. The summed E-state index contributed by atoms with van der Waals surface area (Å²) in [5.41, 5.74) is 7.79. The second-order valence-corrected chi connectivity index (χ2v) is 4.44. The molecule has 0 aliphatic carbocycles. The van der Waals surface area contributed by atoms with Crippen LogP contribution in [-0.2, 0) is 0 Å². The SMILES string of the molecule is COc1c(N)cccc1N1CCCCC1C. The molecule has 88 valence electrons. The van der Waals surface area contributed by atoms with E-state index >= 15 is 0 Å². The lowest BCUT2D eigenvalue weighted by atomic mass is 10.0. The number of nitrogens with two attached hydrogens (primary N) is 1. The maximum absolute atomic E-state index is 5.93. The minimum absolute atomic E-state index is 0.574. The molecule has 0 spiro atoms. The van der Waals surface area contributed by atoms with Gasteiger partial charge in [0.05, 0.1) is 18.5 Å². The molecule has 3 nitrogen and oxygen atoms in total. The van der Waals surface area contributed by atoms with Crippen LogP contribution in [0.2, 0.25) is 0 Å². The van der Waals surface area contributed by atoms with Crippen LogP contribution in [0.25, 0.3) is 0 Å². The van der Waals surface area contributed by atoms with E-state index in [0.717, 1.165) is 23.7 Å². The van der Waals surface area contributed by atoms with Crippen LogP contribution in [0.3, 0.4) is 0 Å². The fourth-order valence-electron chi connectivity index (χ4n) is 2.45. The molecule has 1 unspecified atom stereocenters. The number of rotatable bonds is 2. The second-order valence-electron chi connectivity index (χ2n) is 4.44. The highest BCUT2D eigenvalue weighted by Gasteiger charge is 2.21. The van der Waals surface area contributed by atoms with Gasteiger partial charge in [-0.15, -0.1) is 0 Å². The molecule has 1 heterocycles. The van der Waals surface area contributed by atoms with Crippen LogP contribution in [0.1, 0.15) is 26.2 Å². The van der Waals surface area contributed by atoms with E-state index in [-0.39, 0.29) is 0 Å². The largest absolute Gasteiger partial charge is 0.492 e. The van der Waals surface area contributed by atoms with Gasteiger partial charge in [0.1, 0.15) is 0 Å². The molecule has 0 aromatic heterocycles. The highest BCUT2D eigenvalue weighted by molar-refractivity contribution is 5.70. The predicted molar refractivity (Wildman–Crippen MR) is 68.1 cm³/mol. The molecule has 0 radical (unpaired) electrons. The van der Waals surface area contributed by atoms with Gasteiger partial charge in [0.25, 0.3) is 0 Å². The van der Waals surface area contributed by atoms with Crippen molar-refractivity contribution in [1.29, 1.82) is 0 Å². The Kier molecular flexibility index (Phi) is 3.22. The summed E-state index contributed by atoms with van der Waals surface area (Å²) in [5.74, 6) is 0.816. The molecule has 1 atom stereocenters. The zero-order chi connectivity index (χ0) is 11.5. The number of hydrogen-bond acceptors (Lipinski definition) is 3. The third-order valence-electron chi connectivity index (χ3n) is 3.34. The molecule has 2 rings (SSSR count). The highest BCUT2D eigenvalue weighted by Crippen LogP contribution is 2.36. The number of benzene rings is 1. The van der Waals surface area contributed by atoms with Crippen molar-refractivity contribution in [1.82, 2.24) is 0 Å². The Hall–Kier alpha value is -1.38. The van der Waals surface area contributed by atoms with Crippen molar-refractivity contribution in [3.05, 3.63) is 18.2 Å². The monoisotopic (exact) mass is 220 g/mol. The van der Waals surface area contributed by atoms with E-state index in [4.69, 9.17) is 10.5 Å². The van der Waals surface area contributed by atoms with Crippen molar-refractivity contribution >= 4 is 11.4 Å². The van der Waals surface area contributed by atoms with Crippen LogP contribution in [0.4, 0.5) is 11.4 Å². The molecule has 2 N–H and O–H groups in total. The fourth-order valence-corrected chi connectivity index (χ4v) is 2.45. The average Bonchev–Trinajstić information content (AvgIpc) is 2.29. The molecule has 0 bridgehead atoms. The van der Waals surface area contributed by atoms with Gasteiger partial charge in [0, 0.05) is 12.6 Å². The van der Waals surface area contributed by atoms with Crippen molar-refractivity contribution in [2.75, 3.05) is 24.3 Å². The molecule has 1 aromatic rings. The number of para-hydroxylation sites is 1. The van der Waals surface area contributed by atoms with E-state index in [9.17, 15) is 0 Å². The Morgan fingerprint density at radius 3 is 2.88 bits per heavy atom. The van der Waals surface area contributed by atoms with E-state index < -0.39 is 0 Å². The normalized spacial score (nSPS) is 20.9. The number of nitrogen functional groups attached to an aromatic ring is 1. The highest BCUT2D eigenvalue weighted by atomic mass is 16.5. The van der Waals surface area contributed by atoms with E-state index in [2.05, 4.69) is 17.9 Å². The average molecular weight is 220 g/mol. The molecule has 1 saturated heterocycles. The van der Waals surface area contributed by atoms with Crippen molar-refractivity contribution < 1.29 is 4.74 Å². The van der Waals surface area contributed by atoms with Crippen LogP contribution in [0, 0.1) is 0 Å². The van der Waals surface area contributed by atoms with Crippen molar-refractivity contribution in [3.63, 3.8) is 0 Å². The summed E-state index contributed by atoms with van der Waals surface area (Å²) in [7, 11) is 1.68. The minimum Gasteiger partial charge on any atom is -0.492 e. The number of anilines is 2. The zero-order valence-corrected chi connectivity index (χ0v) is 10.1. The molecular weight excluding hydrogens is 200 g/mol. The summed E-state index contributed by atoms with van der Waals surface area (Å²) in [6.07, 6.45) is 3.82. The number of nitrogens with zero attached hydrogens (tertiary/aromatic N) is 1. The Morgan fingerprint density at radius 1 is 1.38 bits per heavy atom. The Labute approximate surface area is 97.2 Å². The van der Waals surface area contributed by atoms with Crippen LogP contribution < -0.4 is 15.4 Å². The number of piperidine rings is 1. The van der Waals surface area contributed by atoms with E-state index in [1.165, 1.54) is 19.3 Å². The third-order valence-corrected chi connectivity index (χ3v) is 3.34. The molecule has 3 heteroatoms. The predicted octanol–water partition coefficient (Wildman–Crippen LogP) is 2.66. The van der Waals surface area contributed by atoms with E-state index in [1.807, 2.05) is 12.1 Å². The number of hydrogen-bond donors (Lipinski definition) is 1. The minimum atomic E-state index is 0.574. The summed E-state index contributed by atoms with van der Waals surface area (Å²) in [4.78, 5) is 2.40. The summed E-state index contributed by atoms with van der Waals surface area (Å²) in [6.45, 7) is 3.36. The second kappa shape index (κ2) is 4.64. The van der Waals surface area contributed by atoms with Gasteiger partial charge in [0.15, 0.2) is 5.75 Å². The van der Waals surface area contributed by atoms with E-state index in [0.29, 0.717) is 6.04 Å². The molecule has 1 fully saturated rings. The fraction of sp³-hybridized carbons (Fsp3) is 0.538. The van der Waals surface area contributed by atoms with Gasteiger partial charge in [-0.3, -0.25) is 0 Å². The van der Waals surface area contributed by atoms with Gasteiger partial charge < -0.3 is 15.4 Å². The van der Waals surface area contributed by atoms with Crippen LogP contribution in [-0.4, -0.2) is 19.7 Å². The molecule has 1 aromatic carbocycles. The van der Waals surface area contributed by atoms with Crippen LogP contribution in [0.5, 0.6) is 5.75 Å². The van der Waals surface area contributed by atoms with Crippen LogP contribution in [0.15, 0.2) is 18.2 Å². The van der Waals surface area contributed by atoms with Crippen molar-refractivity contribution in [2.24, 2.45) is 0 Å². The Bertz CT molecular complexity index is 365. The lowest BCUT2D eigenvalue weighted by molar-refractivity contribution is 0.409. The van der Waals surface area contributed by atoms with E-state index in [1.54, 1.807) is 7.11 Å². The quantitative estimate of drug-likeness (QED) is 0.779. The summed E-state index contributed by atoms with van der Waals surface area (Å²) < 4.78 is 5.41. The van der Waals surface area contributed by atoms with Gasteiger partial charge in [-0.05, 0) is 38.3 Å². The first-order chi connectivity index (χ1) is 7.74. The molecule has 1 aliphatic rings. The first-order valence-electron chi connectivity index (χ1n) is 5.93. The van der Waals surface area contributed by atoms with Crippen molar-refractivity contribution in [2.45, 2.75) is 32.2 Å². The molecule has 1 aliphatic heterocycles. The summed E-state index contributed by atoms with van der Waals surface area (Å²) in [5, 5.41) is 0. The van der Waals surface area contributed by atoms with Gasteiger partial charge in [-0.2, -0.15) is 0 Å². The summed E-state index contributed by atoms with van der Waals surface area (Å²) >= 11 is 0. The van der Waals surface area contributed by atoms with Crippen molar-refractivity contribution in [3.8, 4) is 5.75 Å². The third kappa shape index (κ3) is 1.94. The number of ether oxygens (including phenoxy) is 1. The Morgan fingerprint density at radius 2 is 2.19 bits per heavy atom. The summed E-state index contributed by atoms with van der Waals surface area (Å²) in [6, 6.07) is 6.55. The van der Waals surface area contributed by atoms with Gasteiger partial charge in [-0.1, -0.05) is 6.07 Å². The zero-order valence-electron chi connectivity index (χ0n) is 10.1. The van der Waals surface area contributed by atoms with Gasteiger partial charge in [0.2, 0.25) is 0 Å². The Balaban J connectivity index is 2.34. The first kappa shape index (κ1) is 11.1. The first-order valence-corrected chi connectivity index (χ1v) is 5.93. The lowest BCUT2D eigenvalue weighted by Crippen LogP contribution is -2.37. The smallest absolute Gasteiger partial charge is 0.165 e. The van der Waals surface area contributed by atoms with Gasteiger partial charge >= 0.3 is 0 Å². The maximum atomic E-state index is 5.93. The molecule has 16 heavy (non-hydrogen) atoms. The lowest BCUT2D eigenvalue weighted by Gasteiger charge is -2.36.